The number of hydrogen-bond donors (Lipinski definition) is 2. The van der Waals surface area contributed by atoms with Crippen LogP contribution in [0.15, 0.2) is 52.9 Å². The highest BCUT2D eigenvalue weighted by Gasteiger charge is 2.14. The lowest BCUT2D eigenvalue weighted by Crippen LogP contribution is -2.26. The van der Waals surface area contributed by atoms with Crippen LogP contribution in [0.2, 0.25) is 5.02 Å². The van der Waals surface area contributed by atoms with Crippen molar-refractivity contribution in [1.82, 2.24) is 10.2 Å². The summed E-state index contributed by atoms with van der Waals surface area (Å²) in [6.07, 6.45) is 0.0471. The largest absolute Gasteiger partial charge is 0.481 e. The maximum atomic E-state index is 10.6. The van der Waals surface area contributed by atoms with Crippen LogP contribution in [0, 0.1) is 0 Å². The number of halogens is 1. The van der Waals surface area contributed by atoms with E-state index < -0.39 is 12.0 Å². The molecule has 3 aromatic rings. The third-order valence-electron chi connectivity index (χ3n) is 3.49. The monoisotopic (exact) mass is 373 g/mol. The Bertz CT molecular complexity index is 878. The second-order valence-electron chi connectivity index (χ2n) is 5.64. The van der Waals surface area contributed by atoms with Gasteiger partial charge in [0.2, 0.25) is 11.8 Å². The Morgan fingerprint density at radius 1 is 1.12 bits per heavy atom. The molecule has 0 fully saturated rings. The fourth-order valence-corrected chi connectivity index (χ4v) is 2.40. The Morgan fingerprint density at radius 2 is 1.73 bits per heavy atom. The molecule has 0 aliphatic heterocycles. The molecular weight excluding hydrogens is 358 g/mol. The Balaban J connectivity index is 1.65. The lowest BCUT2D eigenvalue weighted by atomic mass is 10.1. The molecule has 1 atom stereocenters. The highest BCUT2D eigenvalue weighted by atomic mass is 35.5. The van der Waals surface area contributed by atoms with Crippen LogP contribution in [0.1, 0.15) is 12.3 Å². The van der Waals surface area contributed by atoms with Gasteiger partial charge in [0, 0.05) is 23.0 Å². The number of carboxylic acids is 1. The van der Waals surface area contributed by atoms with Gasteiger partial charge in [-0.15, -0.1) is 10.2 Å². The molecule has 3 N–H and O–H groups in total. The van der Waals surface area contributed by atoms with Crippen LogP contribution in [-0.4, -0.2) is 27.3 Å². The molecule has 0 bridgehead atoms. The van der Waals surface area contributed by atoms with Crippen LogP contribution in [0.5, 0.6) is 11.5 Å². The number of ether oxygens (including phenoxy) is 1. The molecule has 2 aromatic carbocycles. The molecule has 3 rings (SSSR count). The van der Waals surface area contributed by atoms with E-state index in [0.717, 1.165) is 5.56 Å². The van der Waals surface area contributed by atoms with E-state index in [9.17, 15) is 4.79 Å². The number of carboxylic acid groups (broad SMARTS) is 1. The van der Waals surface area contributed by atoms with Crippen molar-refractivity contribution in [3.05, 3.63) is 59.4 Å². The molecule has 0 amide bonds. The van der Waals surface area contributed by atoms with Gasteiger partial charge < -0.3 is 20.0 Å². The first-order chi connectivity index (χ1) is 12.5. The van der Waals surface area contributed by atoms with Crippen molar-refractivity contribution < 1.29 is 19.1 Å². The van der Waals surface area contributed by atoms with Gasteiger partial charge in [-0.05, 0) is 48.5 Å². The maximum Gasteiger partial charge on any atom is 0.304 e. The molecule has 1 aromatic heterocycles. The van der Waals surface area contributed by atoms with Crippen molar-refractivity contribution in [3.63, 3.8) is 0 Å². The molecule has 8 heteroatoms. The topological polar surface area (TPSA) is 111 Å². The van der Waals surface area contributed by atoms with E-state index in [-0.39, 0.29) is 12.8 Å². The number of rotatable bonds is 7. The van der Waals surface area contributed by atoms with Crippen molar-refractivity contribution in [2.24, 2.45) is 5.73 Å². The zero-order valence-electron chi connectivity index (χ0n) is 13.6. The van der Waals surface area contributed by atoms with Crippen molar-refractivity contribution in [1.29, 1.82) is 0 Å². The van der Waals surface area contributed by atoms with E-state index in [1.165, 1.54) is 0 Å². The normalized spacial score (nSPS) is 11.9. The van der Waals surface area contributed by atoms with E-state index in [0.29, 0.717) is 28.3 Å². The van der Waals surface area contributed by atoms with Crippen LogP contribution in [0.4, 0.5) is 0 Å². The summed E-state index contributed by atoms with van der Waals surface area (Å²) in [5, 5.41) is 17.2. The number of aliphatic carboxylic acids is 1. The van der Waals surface area contributed by atoms with Crippen LogP contribution in [-0.2, 0) is 11.2 Å². The molecular formula is C18H16ClN3O4. The van der Waals surface area contributed by atoms with E-state index in [1.54, 1.807) is 48.5 Å². The fourth-order valence-electron chi connectivity index (χ4n) is 2.28. The Morgan fingerprint density at radius 3 is 2.35 bits per heavy atom. The minimum absolute atomic E-state index is 0.158. The summed E-state index contributed by atoms with van der Waals surface area (Å²) in [4.78, 5) is 10.6. The Kier molecular flexibility index (Phi) is 5.50. The van der Waals surface area contributed by atoms with Gasteiger partial charge in [-0.1, -0.05) is 11.6 Å². The van der Waals surface area contributed by atoms with Gasteiger partial charge >= 0.3 is 5.97 Å². The molecule has 7 nitrogen and oxygen atoms in total. The second kappa shape index (κ2) is 7.99. The van der Waals surface area contributed by atoms with E-state index >= 15 is 0 Å². The van der Waals surface area contributed by atoms with Gasteiger partial charge in [-0.3, -0.25) is 4.79 Å². The number of nitrogens with two attached hydrogens (primary N) is 1. The van der Waals surface area contributed by atoms with Crippen LogP contribution < -0.4 is 10.5 Å². The third kappa shape index (κ3) is 4.81. The molecule has 0 unspecified atom stereocenters. The molecule has 1 heterocycles. The standard InChI is InChI=1S/C18H16ClN3O4/c19-12-3-7-15(8-4-12)25-14-5-1-11(2-6-14)18-22-21-16(26-18)9-13(20)10-17(23)24/h1-8,13H,9-10,20H2,(H,23,24)/t13-/m1/s1. The summed E-state index contributed by atoms with van der Waals surface area (Å²) in [6, 6.07) is 13.6. The van der Waals surface area contributed by atoms with E-state index in [4.69, 9.17) is 31.6 Å². The summed E-state index contributed by atoms with van der Waals surface area (Å²) in [6.45, 7) is 0. The fraction of sp³-hybridized carbons (Fsp3) is 0.167. The van der Waals surface area contributed by atoms with Gasteiger partial charge in [0.1, 0.15) is 11.5 Å². The minimum Gasteiger partial charge on any atom is -0.481 e. The summed E-state index contributed by atoms with van der Waals surface area (Å²) >= 11 is 5.85. The highest BCUT2D eigenvalue weighted by molar-refractivity contribution is 6.30. The van der Waals surface area contributed by atoms with Crippen molar-refractivity contribution in [3.8, 4) is 23.0 Å². The molecule has 0 aliphatic rings. The number of carbonyl (C=O) groups is 1. The van der Waals surface area contributed by atoms with Gasteiger partial charge in [-0.25, -0.2) is 0 Å². The smallest absolute Gasteiger partial charge is 0.304 e. The van der Waals surface area contributed by atoms with Gasteiger partial charge in [0.25, 0.3) is 0 Å². The van der Waals surface area contributed by atoms with Crippen LogP contribution in [0.3, 0.4) is 0 Å². The molecule has 134 valence electrons. The van der Waals surface area contributed by atoms with Crippen LogP contribution >= 0.6 is 11.6 Å². The summed E-state index contributed by atoms with van der Waals surface area (Å²) < 4.78 is 11.3. The van der Waals surface area contributed by atoms with Crippen molar-refractivity contribution in [2.75, 3.05) is 0 Å². The zero-order chi connectivity index (χ0) is 18.5. The summed E-state index contributed by atoms with van der Waals surface area (Å²) in [5.74, 6) is 0.998. The predicted molar refractivity (Wildman–Crippen MR) is 95.2 cm³/mol. The first kappa shape index (κ1) is 17.9. The van der Waals surface area contributed by atoms with Crippen molar-refractivity contribution >= 4 is 17.6 Å². The highest BCUT2D eigenvalue weighted by Crippen LogP contribution is 2.26. The average Bonchev–Trinajstić information content (AvgIpc) is 3.05. The Labute approximate surface area is 154 Å². The van der Waals surface area contributed by atoms with Gasteiger partial charge in [0.05, 0.1) is 6.42 Å². The number of hydrogen-bond acceptors (Lipinski definition) is 6. The average molecular weight is 374 g/mol. The quantitative estimate of drug-likeness (QED) is 0.651. The van der Waals surface area contributed by atoms with Gasteiger partial charge in [-0.2, -0.15) is 0 Å². The van der Waals surface area contributed by atoms with Crippen molar-refractivity contribution in [2.45, 2.75) is 18.9 Å². The van der Waals surface area contributed by atoms with Gasteiger partial charge in [0.15, 0.2) is 0 Å². The number of nitrogens with zero attached hydrogens (tertiary/aromatic N) is 2. The molecule has 0 spiro atoms. The SMILES string of the molecule is N[C@@H](CC(=O)O)Cc1nnc(-c2ccc(Oc3ccc(Cl)cc3)cc2)o1. The molecule has 0 aliphatic carbocycles. The first-order valence-electron chi connectivity index (χ1n) is 7.83. The maximum absolute atomic E-state index is 10.6. The predicted octanol–water partition coefficient (Wildman–Crippen LogP) is 3.53. The lowest BCUT2D eigenvalue weighted by molar-refractivity contribution is -0.137. The van der Waals surface area contributed by atoms with Crippen LogP contribution in [0.25, 0.3) is 11.5 Å². The molecule has 0 saturated heterocycles. The lowest BCUT2D eigenvalue weighted by Gasteiger charge is -2.06. The second-order valence-corrected chi connectivity index (χ2v) is 6.08. The van der Waals surface area contributed by atoms with E-state index in [2.05, 4.69) is 10.2 Å². The number of aromatic nitrogens is 2. The Hall–Kier alpha value is -2.90. The third-order valence-corrected chi connectivity index (χ3v) is 3.74. The molecule has 0 radical (unpaired) electrons. The summed E-state index contributed by atoms with van der Waals surface area (Å²) in [5.41, 5.74) is 6.44. The number of benzene rings is 2. The first-order valence-corrected chi connectivity index (χ1v) is 8.21. The van der Waals surface area contributed by atoms with E-state index in [1.807, 2.05) is 0 Å². The molecule has 26 heavy (non-hydrogen) atoms. The zero-order valence-corrected chi connectivity index (χ0v) is 14.4. The minimum atomic E-state index is -0.964. The summed E-state index contributed by atoms with van der Waals surface area (Å²) in [7, 11) is 0. The molecule has 0 saturated carbocycles.